The van der Waals surface area contributed by atoms with Crippen LogP contribution >= 0.6 is 0 Å². The number of carbonyl (C=O) groups is 1. The lowest BCUT2D eigenvalue weighted by atomic mass is 9.95. The van der Waals surface area contributed by atoms with E-state index in [-0.39, 0.29) is 5.91 Å². The number of rotatable bonds is 3. The average Bonchev–Trinajstić information content (AvgIpc) is 2.60. The van der Waals surface area contributed by atoms with Crippen LogP contribution in [0.25, 0.3) is 0 Å². The maximum absolute atomic E-state index is 11.5. The Kier molecular flexibility index (Phi) is 3.10. The van der Waals surface area contributed by atoms with Gasteiger partial charge in [-0.05, 0) is 19.9 Å². The number of nitrogens with one attached hydrogen (secondary N) is 1. The Hall–Kier alpha value is -1.83. The molecular formula is C10H14N4O. The van der Waals surface area contributed by atoms with Crippen molar-refractivity contribution in [2.24, 2.45) is 12.5 Å². The second kappa shape index (κ2) is 4.13. The summed E-state index contributed by atoms with van der Waals surface area (Å²) in [4.78, 5) is 11.5. The number of nitrogens with zero attached hydrogens (tertiary/aromatic N) is 3. The van der Waals surface area contributed by atoms with Gasteiger partial charge < -0.3 is 5.32 Å². The number of hydrogen-bond donors (Lipinski definition) is 1. The fraction of sp³-hybridized carbons (Fsp3) is 0.500. The molecule has 1 heterocycles. The third-order valence-corrected chi connectivity index (χ3v) is 2.05. The van der Waals surface area contributed by atoms with Gasteiger partial charge in [0.05, 0.1) is 18.3 Å². The molecular weight excluding hydrogens is 192 g/mol. The summed E-state index contributed by atoms with van der Waals surface area (Å²) >= 11 is 0. The van der Waals surface area contributed by atoms with E-state index in [1.165, 1.54) is 0 Å². The lowest BCUT2D eigenvalue weighted by molar-refractivity contribution is -0.126. The van der Waals surface area contributed by atoms with Gasteiger partial charge in [-0.2, -0.15) is 10.4 Å². The molecule has 5 nitrogen and oxygen atoms in total. The maximum Gasteiger partial charge on any atom is 0.240 e. The first-order valence-electron chi connectivity index (χ1n) is 4.64. The molecule has 0 aliphatic heterocycles. The van der Waals surface area contributed by atoms with E-state index in [2.05, 4.69) is 10.4 Å². The summed E-state index contributed by atoms with van der Waals surface area (Å²) in [5.74, 6) is -0.282. The topological polar surface area (TPSA) is 70.7 Å². The van der Waals surface area contributed by atoms with Crippen LogP contribution in [0.15, 0.2) is 12.3 Å². The van der Waals surface area contributed by atoms with Crippen LogP contribution in [-0.4, -0.2) is 15.7 Å². The summed E-state index contributed by atoms with van der Waals surface area (Å²) in [5, 5.41) is 15.5. The normalized spacial score (nSPS) is 10.8. The highest BCUT2D eigenvalue weighted by Crippen LogP contribution is 2.12. The van der Waals surface area contributed by atoms with Crippen LogP contribution in [-0.2, 0) is 18.4 Å². The minimum absolute atomic E-state index is 0.282. The van der Waals surface area contributed by atoms with Crippen molar-refractivity contribution in [1.29, 1.82) is 5.26 Å². The van der Waals surface area contributed by atoms with E-state index in [0.29, 0.717) is 6.54 Å². The van der Waals surface area contributed by atoms with Crippen LogP contribution in [0.1, 0.15) is 19.5 Å². The second-order valence-electron chi connectivity index (χ2n) is 3.90. The number of nitriles is 1. The minimum Gasteiger partial charge on any atom is -0.349 e. The van der Waals surface area contributed by atoms with Gasteiger partial charge in [-0.3, -0.25) is 9.48 Å². The first-order valence-corrected chi connectivity index (χ1v) is 4.64. The Bertz CT molecular complexity index is 400. The summed E-state index contributed by atoms with van der Waals surface area (Å²) in [7, 11) is 1.81. The standard InChI is InChI=1S/C10H14N4O/c1-10(2,7-11)9(15)12-6-8-4-5-14(3)13-8/h4-5H,6H2,1-3H3,(H,12,15). The van der Waals surface area contributed by atoms with Gasteiger partial charge in [0.2, 0.25) is 5.91 Å². The third kappa shape index (κ3) is 2.81. The van der Waals surface area contributed by atoms with E-state index < -0.39 is 5.41 Å². The van der Waals surface area contributed by atoms with E-state index in [1.54, 1.807) is 24.7 Å². The third-order valence-electron chi connectivity index (χ3n) is 2.05. The Morgan fingerprint density at radius 3 is 2.87 bits per heavy atom. The van der Waals surface area contributed by atoms with Gasteiger partial charge in [0.1, 0.15) is 5.41 Å². The molecule has 0 spiro atoms. The number of carbonyl (C=O) groups excluding carboxylic acids is 1. The van der Waals surface area contributed by atoms with Gasteiger partial charge >= 0.3 is 0 Å². The van der Waals surface area contributed by atoms with Gasteiger partial charge in [-0.15, -0.1) is 0 Å². The first kappa shape index (κ1) is 11.2. The van der Waals surface area contributed by atoms with Gasteiger partial charge in [0.25, 0.3) is 0 Å². The zero-order valence-electron chi connectivity index (χ0n) is 9.11. The molecule has 0 atom stereocenters. The molecule has 1 rings (SSSR count). The molecule has 0 aliphatic carbocycles. The first-order chi connectivity index (χ1) is 6.95. The molecule has 15 heavy (non-hydrogen) atoms. The monoisotopic (exact) mass is 206 g/mol. The van der Waals surface area contributed by atoms with Crippen LogP contribution < -0.4 is 5.32 Å². The molecule has 80 valence electrons. The van der Waals surface area contributed by atoms with E-state index in [1.807, 2.05) is 19.2 Å². The fourth-order valence-electron chi connectivity index (χ4n) is 1.00. The Labute approximate surface area is 88.7 Å². The highest BCUT2D eigenvalue weighted by atomic mass is 16.2. The summed E-state index contributed by atoms with van der Waals surface area (Å²) in [5.41, 5.74) is -0.214. The van der Waals surface area contributed by atoms with Crippen LogP contribution in [0.3, 0.4) is 0 Å². The smallest absolute Gasteiger partial charge is 0.240 e. The Balaban J connectivity index is 2.52. The van der Waals surface area contributed by atoms with Crippen molar-refractivity contribution in [3.05, 3.63) is 18.0 Å². The predicted molar refractivity (Wildman–Crippen MR) is 54.4 cm³/mol. The largest absolute Gasteiger partial charge is 0.349 e. The molecule has 0 bridgehead atoms. The fourth-order valence-corrected chi connectivity index (χ4v) is 1.00. The zero-order chi connectivity index (χ0) is 11.5. The molecule has 0 aliphatic rings. The highest BCUT2D eigenvalue weighted by Gasteiger charge is 2.26. The van der Waals surface area contributed by atoms with Crippen molar-refractivity contribution in [2.75, 3.05) is 0 Å². The van der Waals surface area contributed by atoms with E-state index >= 15 is 0 Å². The lowest BCUT2D eigenvalue weighted by Crippen LogP contribution is -2.35. The molecule has 5 heteroatoms. The van der Waals surface area contributed by atoms with Crippen molar-refractivity contribution in [2.45, 2.75) is 20.4 Å². The molecule has 0 radical (unpaired) electrons. The van der Waals surface area contributed by atoms with Gasteiger partial charge in [0, 0.05) is 13.2 Å². The Morgan fingerprint density at radius 2 is 2.40 bits per heavy atom. The molecule has 0 fully saturated rings. The predicted octanol–water partition coefficient (Wildman–Crippen LogP) is 0.586. The van der Waals surface area contributed by atoms with Crippen molar-refractivity contribution in [3.63, 3.8) is 0 Å². The highest BCUT2D eigenvalue weighted by molar-refractivity contribution is 5.84. The van der Waals surface area contributed by atoms with Gasteiger partial charge in [-0.1, -0.05) is 0 Å². The number of amides is 1. The SMILES string of the molecule is Cn1ccc(CNC(=O)C(C)(C)C#N)n1. The summed E-state index contributed by atoms with van der Waals surface area (Å²) < 4.78 is 1.66. The quantitative estimate of drug-likeness (QED) is 0.786. The van der Waals surface area contributed by atoms with Crippen LogP contribution in [0.2, 0.25) is 0 Å². The number of hydrogen-bond acceptors (Lipinski definition) is 3. The molecule has 0 saturated heterocycles. The van der Waals surface area contributed by atoms with Crippen molar-refractivity contribution < 1.29 is 4.79 Å². The van der Waals surface area contributed by atoms with Crippen molar-refractivity contribution in [3.8, 4) is 6.07 Å². The van der Waals surface area contributed by atoms with E-state index in [0.717, 1.165) is 5.69 Å². The van der Waals surface area contributed by atoms with Crippen LogP contribution in [0.5, 0.6) is 0 Å². The number of aromatic nitrogens is 2. The summed E-state index contributed by atoms with van der Waals surface area (Å²) in [6.45, 7) is 3.52. The maximum atomic E-state index is 11.5. The van der Waals surface area contributed by atoms with Crippen molar-refractivity contribution in [1.82, 2.24) is 15.1 Å². The molecule has 0 aromatic carbocycles. The second-order valence-corrected chi connectivity index (χ2v) is 3.90. The zero-order valence-corrected chi connectivity index (χ0v) is 9.11. The number of aryl methyl sites for hydroxylation is 1. The van der Waals surface area contributed by atoms with Crippen LogP contribution in [0.4, 0.5) is 0 Å². The molecule has 0 saturated carbocycles. The Morgan fingerprint density at radius 1 is 1.73 bits per heavy atom. The molecule has 1 amide bonds. The van der Waals surface area contributed by atoms with Gasteiger partial charge in [-0.25, -0.2) is 0 Å². The molecule has 1 aromatic heterocycles. The molecule has 0 unspecified atom stereocenters. The van der Waals surface area contributed by atoms with E-state index in [9.17, 15) is 4.79 Å². The summed E-state index contributed by atoms with van der Waals surface area (Å²) in [6, 6.07) is 3.76. The molecule has 1 N–H and O–H groups in total. The summed E-state index contributed by atoms with van der Waals surface area (Å²) in [6.07, 6.45) is 1.80. The van der Waals surface area contributed by atoms with Gasteiger partial charge in [0.15, 0.2) is 0 Å². The van der Waals surface area contributed by atoms with Crippen LogP contribution in [0, 0.1) is 16.7 Å². The van der Waals surface area contributed by atoms with E-state index in [4.69, 9.17) is 5.26 Å². The van der Waals surface area contributed by atoms with Crippen molar-refractivity contribution >= 4 is 5.91 Å². The molecule has 1 aromatic rings. The lowest BCUT2D eigenvalue weighted by Gasteiger charge is -2.13. The minimum atomic E-state index is -0.991. The average molecular weight is 206 g/mol.